The fourth-order valence-electron chi connectivity index (χ4n) is 2.03. The molecule has 0 aliphatic heterocycles. The maximum Gasteiger partial charge on any atom is 0.119 e. The van der Waals surface area contributed by atoms with Crippen LogP contribution in [0.2, 0.25) is 0 Å². The van der Waals surface area contributed by atoms with Gasteiger partial charge in [0.1, 0.15) is 5.75 Å². The number of methoxy groups -OCH3 is 1. The molecular formula is C16H20N2O. The van der Waals surface area contributed by atoms with Gasteiger partial charge < -0.3 is 10.1 Å². The number of hydrogen-bond acceptors (Lipinski definition) is 3. The Morgan fingerprint density at radius 2 is 2.00 bits per heavy atom. The van der Waals surface area contributed by atoms with E-state index in [-0.39, 0.29) is 0 Å². The Balaban J connectivity index is 1.83. The molecule has 0 aliphatic rings. The largest absolute Gasteiger partial charge is 0.497 e. The van der Waals surface area contributed by atoms with Crippen molar-refractivity contribution in [3.63, 3.8) is 0 Å². The summed E-state index contributed by atoms with van der Waals surface area (Å²) < 4.78 is 5.22. The smallest absolute Gasteiger partial charge is 0.119 e. The van der Waals surface area contributed by atoms with Crippen LogP contribution in [0, 0.1) is 0 Å². The van der Waals surface area contributed by atoms with Crippen molar-refractivity contribution >= 4 is 0 Å². The highest BCUT2D eigenvalue weighted by Gasteiger charge is 2.03. The molecular weight excluding hydrogens is 236 g/mol. The van der Waals surface area contributed by atoms with Crippen molar-refractivity contribution in [1.82, 2.24) is 10.3 Å². The minimum Gasteiger partial charge on any atom is -0.497 e. The van der Waals surface area contributed by atoms with Crippen LogP contribution in [0.15, 0.2) is 48.8 Å². The molecule has 0 saturated heterocycles. The molecule has 1 aromatic heterocycles. The predicted octanol–water partition coefficient (Wildman–Crippen LogP) is 2.98. The van der Waals surface area contributed by atoms with Gasteiger partial charge in [-0.2, -0.15) is 0 Å². The van der Waals surface area contributed by atoms with E-state index in [1.165, 1.54) is 11.1 Å². The molecule has 2 aromatic rings. The van der Waals surface area contributed by atoms with E-state index in [9.17, 15) is 0 Å². The Hall–Kier alpha value is -1.87. The Morgan fingerprint density at radius 3 is 2.74 bits per heavy atom. The summed E-state index contributed by atoms with van der Waals surface area (Å²) in [7, 11) is 1.70. The summed E-state index contributed by atoms with van der Waals surface area (Å²) in [6.07, 6.45) is 4.65. The van der Waals surface area contributed by atoms with Gasteiger partial charge in [0.15, 0.2) is 0 Å². The quantitative estimate of drug-likeness (QED) is 0.862. The zero-order valence-electron chi connectivity index (χ0n) is 11.5. The number of nitrogens with zero attached hydrogens (tertiary/aromatic N) is 1. The third kappa shape index (κ3) is 4.07. The van der Waals surface area contributed by atoms with Crippen molar-refractivity contribution in [3.8, 4) is 5.75 Å². The minimum absolute atomic E-state index is 0.341. The summed E-state index contributed by atoms with van der Waals surface area (Å²) in [6, 6.07) is 12.6. The topological polar surface area (TPSA) is 34.1 Å². The predicted molar refractivity (Wildman–Crippen MR) is 77.4 cm³/mol. The first kappa shape index (κ1) is 13.6. The first-order valence-electron chi connectivity index (χ1n) is 6.56. The molecule has 1 unspecified atom stereocenters. The van der Waals surface area contributed by atoms with Crippen LogP contribution in [0.1, 0.15) is 24.1 Å². The number of nitrogens with one attached hydrogen (secondary N) is 1. The fraction of sp³-hybridized carbons (Fsp3) is 0.312. The van der Waals surface area contributed by atoms with E-state index in [2.05, 4.69) is 29.4 Å². The highest BCUT2D eigenvalue weighted by molar-refractivity contribution is 5.28. The molecule has 1 aromatic carbocycles. The van der Waals surface area contributed by atoms with Crippen LogP contribution in [-0.2, 0) is 6.42 Å². The highest BCUT2D eigenvalue weighted by atomic mass is 16.5. The normalized spacial score (nSPS) is 12.1. The lowest BCUT2D eigenvalue weighted by Crippen LogP contribution is -2.21. The number of ether oxygens (including phenoxy) is 1. The van der Waals surface area contributed by atoms with Crippen molar-refractivity contribution in [2.24, 2.45) is 0 Å². The number of pyridine rings is 1. The standard InChI is InChI=1S/C16H20N2O/c1-13(15-7-9-17-10-8-15)18-11-6-14-4-3-5-16(12-14)19-2/h3-5,7-10,12-13,18H,6,11H2,1-2H3. The van der Waals surface area contributed by atoms with E-state index in [4.69, 9.17) is 4.74 Å². The van der Waals surface area contributed by atoms with Gasteiger partial charge >= 0.3 is 0 Å². The molecule has 19 heavy (non-hydrogen) atoms. The van der Waals surface area contributed by atoms with Crippen LogP contribution in [-0.4, -0.2) is 18.6 Å². The molecule has 3 heteroatoms. The lowest BCUT2D eigenvalue weighted by molar-refractivity contribution is 0.414. The zero-order valence-corrected chi connectivity index (χ0v) is 11.5. The fourth-order valence-corrected chi connectivity index (χ4v) is 2.03. The van der Waals surface area contributed by atoms with Gasteiger partial charge in [-0.05, 0) is 55.3 Å². The van der Waals surface area contributed by atoms with Crippen molar-refractivity contribution in [1.29, 1.82) is 0 Å². The number of rotatable bonds is 6. The molecule has 100 valence electrons. The van der Waals surface area contributed by atoms with Gasteiger partial charge in [0.05, 0.1) is 7.11 Å². The average molecular weight is 256 g/mol. The van der Waals surface area contributed by atoms with Crippen molar-refractivity contribution in [3.05, 3.63) is 59.9 Å². The SMILES string of the molecule is COc1cccc(CCNC(C)c2ccncc2)c1. The molecule has 0 fully saturated rings. The molecule has 2 rings (SSSR count). The third-order valence-electron chi connectivity index (χ3n) is 3.20. The van der Waals surface area contributed by atoms with E-state index >= 15 is 0 Å². The van der Waals surface area contributed by atoms with Crippen LogP contribution in [0.25, 0.3) is 0 Å². The summed E-state index contributed by atoms with van der Waals surface area (Å²) in [5, 5.41) is 3.52. The van der Waals surface area contributed by atoms with E-state index in [1.807, 2.05) is 36.7 Å². The lowest BCUT2D eigenvalue weighted by atomic mass is 10.1. The Morgan fingerprint density at radius 1 is 1.21 bits per heavy atom. The van der Waals surface area contributed by atoms with Gasteiger partial charge in [0.25, 0.3) is 0 Å². The van der Waals surface area contributed by atoms with Gasteiger partial charge in [-0.3, -0.25) is 4.98 Å². The van der Waals surface area contributed by atoms with Crippen LogP contribution in [0.4, 0.5) is 0 Å². The van der Waals surface area contributed by atoms with E-state index in [1.54, 1.807) is 7.11 Å². The minimum atomic E-state index is 0.341. The molecule has 0 spiro atoms. The van der Waals surface area contributed by atoms with Crippen molar-refractivity contribution in [2.75, 3.05) is 13.7 Å². The Kier molecular flexibility index (Phi) is 4.93. The van der Waals surface area contributed by atoms with Crippen LogP contribution in [0.5, 0.6) is 5.75 Å². The molecule has 1 N–H and O–H groups in total. The molecule has 0 bridgehead atoms. The number of aromatic nitrogens is 1. The maximum atomic E-state index is 5.22. The number of hydrogen-bond donors (Lipinski definition) is 1. The van der Waals surface area contributed by atoms with Gasteiger partial charge in [-0.15, -0.1) is 0 Å². The molecule has 0 saturated carbocycles. The van der Waals surface area contributed by atoms with Gasteiger partial charge in [0.2, 0.25) is 0 Å². The molecule has 0 amide bonds. The Bertz CT molecular complexity index is 499. The highest BCUT2D eigenvalue weighted by Crippen LogP contribution is 2.14. The summed E-state index contributed by atoms with van der Waals surface area (Å²) >= 11 is 0. The summed E-state index contributed by atoms with van der Waals surface area (Å²) in [5.74, 6) is 0.916. The second-order valence-electron chi connectivity index (χ2n) is 4.56. The van der Waals surface area contributed by atoms with E-state index in [0.717, 1.165) is 18.7 Å². The second kappa shape index (κ2) is 6.90. The molecule has 3 nitrogen and oxygen atoms in total. The number of benzene rings is 1. The zero-order chi connectivity index (χ0) is 13.5. The first-order chi connectivity index (χ1) is 9.29. The summed E-state index contributed by atoms with van der Waals surface area (Å²) in [6.45, 7) is 3.11. The monoisotopic (exact) mass is 256 g/mol. The Labute approximate surface area is 114 Å². The third-order valence-corrected chi connectivity index (χ3v) is 3.20. The lowest BCUT2D eigenvalue weighted by Gasteiger charge is -2.14. The summed E-state index contributed by atoms with van der Waals surface area (Å²) in [5.41, 5.74) is 2.55. The van der Waals surface area contributed by atoms with Crippen LogP contribution < -0.4 is 10.1 Å². The maximum absolute atomic E-state index is 5.22. The summed E-state index contributed by atoms with van der Waals surface area (Å²) in [4.78, 5) is 4.03. The second-order valence-corrected chi connectivity index (χ2v) is 4.56. The van der Waals surface area contributed by atoms with Crippen LogP contribution >= 0.6 is 0 Å². The van der Waals surface area contributed by atoms with E-state index < -0.39 is 0 Å². The molecule has 0 radical (unpaired) electrons. The van der Waals surface area contributed by atoms with Gasteiger partial charge in [-0.1, -0.05) is 12.1 Å². The molecule has 0 aliphatic carbocycles. The molecule has 1 heterocycles. The van der Waals surface area contributed by atoms with Crippen molar-refractivity contribution < 1.29 is 4.74 Å². The first-order valence-corrected chi connectivity index (χ1v) is 6.56. The van der Waals surface area contributed by atoms with Crippen LogP contribution in [0.3, 0.4) is 0 Å². The van der Waals surface area contributed by atoms with Gasteiger partial charge in [-0.25, -0.2) is 0 Å². The van der Waals surface area contributed by atoms with Crippen molar-refractivity contribution in [2.45, 2.75) is 19.4 Å². The average Bonchev–Trinajstić information content (AvgIpc) is 2.48. The van der Waals surface area contributed by atoms with Gasteiger partial charge in [0, 0.05) is 18.4 Å². The van der Waals surface area contributed by atoms with E-state index in [0.29, 0.717) is 6.04 Å². The molecule has 1 atom stereocenters.